The van der Waals surface area contributed by atoms with Crippen LogP contribution in [0.4, 0.5) is 9.18 Å². The highest BCUT2D eigenvalue weighted by Gasteiger charge is 2.44. The van der Waals surface area contributed by atoms with Gasteiger partial charge >= 0.3 is 6.09 Å². The molecule has 2 atom stereocenters. The standard InChI is InChI=1S/C21H28FNO4/c1-21(2,3)27-20(25)23-14-6-5-7-15(23)11-13(10-14)19(24)17-12-16(26-4)8-9-18(17)22/h8-9,12-15H,5-7,10-11H2,1-4H3. The molecule has 0 aliphatic carbocycles. The Bertz CT molecular complexity index is 713. The van der Waals surface area contributed by atoms with Crippen LogP contribution in [0.25, 0.3) is 0 Å². The molecule has 0 saturated carbocycles. The predicted molar refractivity (Wildman–Crippen MR) is 99.5 cm³/mol. The molecule has 1 aromatic rings. The van der Waals surface area contributed by atoms with Gasteiger partial charge in [0.15, 0.2) is 5.78 Å². The summed E-state index contributed by atoms with van der Waals surface area (Å²) >= 11 is 0. The molecule has 1 aromatic carbocycles. The molecule has 0 N–H and O–H groups in total. The maximum atomic E-state index is 14.2. The lowest BCUT2D eigenvalue weighted by molar-refractivity contribution is -0.0261. The van der Waals surface area contributed by atoms with Crippen LogP contribution in [-0.2, 0) is 4.74 Å². The van der Waals surface area contributed by atoms with Crippen LogP contribution < -0.4 is 4.74 Å². The summed E-state index contributed by atoms with van der Waals surface area (Å²) in [6.07, 6.45) is 3.51. The van der Waals surface area contributed by atoms with E-state index in [1.807, 2.05) is 25.7 Å². The summed E-state index contributed by atoms with van der Waals surface area (Å²) in [4.78, 5) is 27.5. The average molecular weight is 377 g/mol. The number of carbonyl (C=O) groups excluding carboxylic acids is 2. The van der Waals surface area contributed by atoms with E-state index in [0.717, 1.165) is 19.3 Å². The van der Waals surface area contributed by atoms with Crippen LogP contribution in [0.15, 0.2) is 18.2 Å². The van der Waals surface area contributed by atoms with E-state index in [1.54, 1.807) is 0 Å². The maximum absolute atomic E-state index is 14.2. The number of ketones is 1. The molecule has 2 fully saturated rings. The van der Waals surface area contributed by atoms with Crippen molar-refractivity contribution in [2.75, 3.05) is 7.11 Å². The zero-order valence-corrected chi connectivity index (χ0v) is 16.5. The van der Waals surface area contributed by atoms with Crippen molar-refractivity contribution in [2.45, 2.75) is 70.6 Å². The summed E-state index contributed by atoms with van der Waals surface area (Å²) in [6, 6.07) is 4.17. The van der Waals surface area contributed by atoms with E-state index in [-0.39, 0.29) is 35.4 Å². The molecule has 0 aromatic heterocycles. The highest BCUT2D eigenvalue weighted by atomic mass is 19.1. The number of halogens is 1. The summed E-state index contributed by atoms with van der Waals surface area (Å²) in [7, 11) is 1.49. The molecule has 2 bridgehead atoms. The average Bonchev–Trinajstić information content (AvgIpc) is 2.59. The first-order chi connectivity index (χ1) is 12.7. The number of hydrogen-bond acceptors (Lipinski definition) is 4. The van der Waals surface area contributed by atoms with Gasteiger partial charge in [-0.25, -0.2) is 9.18 Å². The third-order valence-electron chi connectivity index (χ3n) is 5.39. The highest BCUT2D eigenvalue weighted by Crippen LogP contribution is 2.39. The Kier molecular flexibility index (Phi) is 5.45. The van der Waals surface area contributed by atoms with Crippen LogP contribution in [0.2, 0.25) is 0 Å². The summed E-state index contributed by atoms with van der Waals surface area (Å²) in [5, 5.41) is 0. The summed E-state index contributed by atoms with van der Waals surface area (Å²) in [6.45, 7) is 5.55. The van der Waals surface area contributed by atoms with E-state index in [4.69, 9.17) is 9.47 Å². The van der Waals surface area contributed by atoms with Gasteiger partial charge in [-0.3, -0.25) is 4.79 Å². The lowest BCUT2D eigenvalue weighted by Crippen LogP contribution is -2.56. The minimum atomic E-state index is -0.554. The number of fused-ring (bicyclic) bond motifs is 2. The number of Topliss-reactive ketones (excluding diaryl/α,β-unsaturated/α-hetero) is 1. The molecular formula is C21H28FNO4. The number of ether oxygens (including phenoxy) is 2. The molecule has 5 nitrogen and oxygen atoms in total. The number of amides is 1. The van der Waals surface area contributed by atoms with Crippen LogP contribution in [0.5, 0.6) is 5.75 Å². The second-order valence-corrected chi connectivity index (χ2v) is 8.50. The van der Waals surface area contributed by atoms with Crippen molar-refractivity contribution in [1.29, 1.82) is 0 Å². The fourth-order valence-corrected chi connectivity index (χ4v) is 4.25. The Balaban J connectivity index is 1.78. The van der Waals surface area contributed by atoms with Gasteiger partial charge in [0, 0.05) is 18.0 Å². The summed E-state index contributed by atoms with van der Waals surface area (Å²) < 4.78 is 24.9. The number of piperidine rings is 2. The van der Waals surface area contributed by atoms with Gasteiger partial charge in [0.2, 0.25) is 0 Å². The maximum Gasteiger partial charge on any atom is 0.410 e. The first kappa shape index (κ1) is 19.6. The van der Waals surface area contributed by atoms with Crippen LogP contribution in [0.1, 0.15) is 63.2 Å². The van der Waals surface area contributed by atoms with Gasteiger partial charge in [0.1, 0.15) is 17.2 Å². The largest absolute Gasteiger partial charge is 0.497 e. The number of carbonyl (C=O) groups is 2. The second-order valence-electron chi connectivity index (χ2n) is 8.50. The van der Waals surface area contributed by atoms with Crippen LogP contribution >= 0.6 is 0 Å². The number of methoxy groups -OCH3 is 1. The van der Waals surface area contributed by atoms with Gasteiger partial charge in [0.05, 0.1) is 12.7 Å². The topological polar surface area (TPSA) is 55.8 Å². The Morgan fingerprint density at radius 1 is 1.15 bits per heavy atom. The molecule has 0 radical (unpaired) electrons. The molecule has 2 aliphatic rings. The molecule has 2 heterocycles. The van der Waals surface area contributed by atoms with Crippen molar-refractivity contribution >= 4 is 11.9 Å². The van der Waals surface area contributed by atoms with Crippen LogP contribution in [0, 0.1) is 11.7 Å². The SMILES string of the molecule is COc1ccc(F)c(C(=O)C2CC3CCCC(C2)N3C(=O)OC(C)(C)C)c1. The Morgan fingerprint density at radius 3 is 2.33 bits per heavy atom. The van der Waals surface area contributed by atoms with E-state index in [9.17, 15) is 14.0 Å². The van der Waals surface area contributed by atoms with Crippen molar-refractivity contribution < 1.29 is 23.5 Å². The molecule has 2 saturated heterocycles. The van der Waals surface area contributed by atoms with Crippen molar-refractivity contribution in [3.63, 3.8) is 0 Å². The number of hydrogen-bond donors (Lipinski definition) is 0. The van der Waals surface area contributed by atoms with Gasteiger partial charge in [0.25, 0.3) is 0 Å². The normalized spacial score (nSPS) is 25.1. The number of nitrogens with zero attached hydrogens (tertiary/aromatic N) is 1. The molecule has 1 amide bonds. The molecule has 2 aliphatic heterocycles. The lowest BCUT2D eigenvalue weighted by Gasteiger charge is -2.48. The van der Waals surface area contributed by atoms with Crippen molar-refractivity contribution in [3.05, 3.63) is 29.6 Å². The van der Waals surface area contributed by atoms with E-state index < -0.39 is 11.4 Å². The molecular weight excluding hydrogens is 349 g/mol. The third-order valence-corrected chi connectivity index (χ3v) is 5.39. The molecule has 0 spiro atoms. The summed E-state index contributed by atoms with van der Waals surface area (Å²) in [5.74, 6) is -0.556. The first-order valence-electron chi connectivity index (χ1n) is 9.58. The minimum absolute atomic E-state index is 0.0324. The molecule has 27 heavy (non-hydrogen) atoms. The Hall–Kier alpha value is -2.11. The fraction of sp³-hybridized carbons (Fsp3) is 0.619. The predicted octanol–water partition coefficient (Wildman–Crippen LogP) is 4.59. The second kappa shape index (κ2) is 7.49. The smallest absolute Gasteiger partial charge is 0.410 e. The monoisotopic (exact) mass is 377 g/mol. The zero-order valence-electron chi connectivity index (χ0n) is 16.5. The van der Waals surface area contributed by atoms with Crippen molar-refractivity contribution in [1.82, 2.24) is 4.90 Å². The van der Waals surface area contributed by atoms with Gasteiger partial charge < -0.3 is 14.4 Å². The van der Waals surface area contributed by atoms with E-state index in [2.05, 4.69) is 0 Å². The number of benzene rings is 1. The van der Waals surface area contributed by atoms with Crippen molar-refractivity contribution in [2.24, 2.45) is 5.92 Å². The molecule has 3 rings (SSSR count). The quantitative estimate of drug-likeness (QED) is 0.723. The molecule has 148 valence electrons. The fourth-order valence-electron chi connectivity index (χ4n) is 4.25. The van der Waals surface area contributed by atoms with Gasteiger partial charge in [-0.2, -0.15) is 0 Å². The van der Waals surface area contributed by atoms with Crippen LogP contribution in [0.3, 0.4) is 0 Å². The Morgan fingerprint density at radius 2 is 1.78 bits per heavy atom. The molecule has 2 unspecified atom stereocenters. The summed E-state index contributed by atoms with van der Waals surface area (Å²) in [5.41, 5.74) is -0.481. The van der Waals surface area contributed by atoms with Crippen LogP contribution in [-0.4, -0.2) is 41.6 Å². The van der Waals surface area contributed by atoms with Gasteiger partial charge in [-0.1, -0.05) is 0 Å². The molecule has 6 heteroatoms. The van der Waals surface area contributed by atoms with Crippen molar-refractivity contribution in [3.8, 4) is 5.75 Å². The van der Waals surface area contributed by atoms with E-state index in [0.29, 0.717) is 18.6 Å². The lowest BCUT2D eigenvalue weighted by atomic mass is 9.75. The Labute approximate surface area is 159 Å². The third kappa shape index (κ3) is 4.25. The van der Waals surface area contributed by atoms with Gasteiger partial charge in [-0.05, 0) is 71.1 Å². The first-order valence-corrected chi connectivity index (χ1v) is 9.58. The van der Waals surface area contributed by atoms with E-state index in [1.165, 1.54) is 25.3 Å². The number of rotatable bonds is 3. The minimum Gasteiger partial charge on any atom is -0.497 e. The van der Waals surface area contributed by atoms with E-state index >= 15 is 0 Å². The highest BCUT2D eigenvalue weighted by molar-refractivity contribution is 5.98. The van der Waals surface area contributed by atoms with Gasteiger partial charge in [-0.15, -0.1) is 0 Å². The zero-order chi connectivity index (χ0) is 19.8.